The summed E-state index contributed by atoms with van der Waals surface area (Å²) in [6.07, 6.45) is 1.63. The summed E-state index contributed by atoms with van der Waals surface area (Å²) in [6, 6.07) is 12.7. The fourth-order valence-electron chi connectivity index (χ4n) is 4.33. The van der Waals surface area contributed by atoms with E-state index in [4.69, 9.17) is 4.74 Å². The molecule has 0 spiro atoms. The summed E-state index contributed by atoms with van der Waals surface area (Å²) in [5.41, 5.74) is 5.64. The van der Waals surface area contributed by atoms with E-state index in [2.05, 4.69) is 54.1 Å². The van der Waals surface area contributed by atoms with Crippen LogP contribution in [-0.2, 0) is 12.8 Å². The number of methoxy groups -OCH3 is 1. The molecule has 0 saturated carbocycles. The number of hydrogen-bond acceptors (Lipinski definition) is 4. The number of likely N-dealkylation sites (N-methyl/N-ethyl adjacent to an activating group) is 1. The van der Waals surface area contributed by atoms with E-state index in [1.54, 1.807) is 7.11 Å². The number of hydrogen-bond donors (Lipinski definition) is 0. The molecule has 0 aromatic heterocycles. The van der Waals surface area contributed by atoms with E-state index in [-0.39, 0.29) is 11.7 Å². The number of fused-ring (bicyclic) bond motifs is 1. The predicted octanol–water partition coefficient (Wildman–Crippen LogP) is 3.35. The first kappa shape index (κ1) is 18.1. The van der Waals surface area contributed by atoms with Crippen LogP contribution in [0.3, 0.4) is 0 Å². The minimum Gasteiger partial charge on any atom is -0.495 e. The molecule has 2 aromatic carbocycles. The molecule has 1 aliphatic carbocycles. The lowest BCUT2D eigenvalue weighted by Crippen LogP contribution is -2.44. The van der Waals surface area contributed by atoms with Crippen LogP contribution in [0.1, 0.15) is 27.0 Å². The number of aryl methyl sites for hydroxylation is 1. The molecule has 4 heteroatoms. The van der Waals surface area contributed by atoms with Crippen molar-refractivity contribution >= 4 is 11.5 Å². The third kappa shape index (κ3) is 3.59. The number of rotatable bonds is 4. The van der Waals surface area contributed by atoms with Crippen molar-refractivity contribution in [3.05, 3.63) is 58.7 Å². The van der Waals surface area contributed by atoms with Crippen LogP contribution in [0.2, 0.25) is 0 Å². The van der Waals surface area contributed by atoms with E-state index < -0.39 is 0 Å². The van der Waals surface area contributed by atoms with E-state index in [1.807, 2.05) is 6.07 Å². The summed E-state index contributed by atoms with van der Waals surface area (Å²) in [4.78, 5) is 17.7. The van der Waals surface area contributed by atoms with Gasteiger partial charge in [0.2, 0.25) is 0 Å². The fraction of sp³-hybridized carbons (Fsp3) is 0.435. The molecule has 1 atom stereocenters. The van der Waals surface area contributed by atoms with Gasteiger partial charge in [0.05, 0.1) is 12.8 Å². The lowest BCUT2D eigenvalue weighted by atomic mass is 9.95. The summed E-state index contributed by atoms with van der Waals surface area (Å²) < 4.78 is 5.66. The molecule has 1 heterocycles. The molecular formula is C23H28N2O2. The monoisotopic (exact) mass is 364 g/mol. The molecule has 142 valence electrons. The molecule has 0 amide bonds. The number of carbonyl (C=O) groups is 1. The molecule has 1 unspecified atom stereocenters. The topological polar surface area (TPSA) is 32.8 Å². The van der Waals surface area contributed by atoms with Gasteiger partial charge in [-0.1, -0.05) is 29.8 Å². The predicted molar refractivity (Wildman–Crippen MR) is 109 cm³/mol. The van der Waals surface area contributed by atoms with Crippen molar-refractivity contribution < 1.29 is 9.53 Å². The van der Waals surface area contributed by atoms with Gasteiger partial charge in [-0.3, -0.25) is 4.79 Å². The quantitative estimate of drug-likeness (QED) is 0.833. The van der Waals surface area contributed by atoms with Crippen molar-refractivity contribution in [1.29, 1.82) is 0 Å². The highest BCUT2D eigenvalue weighted by molar-refractivity contribution is 6.03. The van der Waals surface area contributed by atoms with Gasteiger partial charge in [0.25, 0.3) is 0 Å². The molecular weight excluding hydrogens is 336 g/mol. The number of Topliss-reactive ketones (excluding diaryl/α,β-unsaturated/α-hetero) is 1. The molecule has 4 nitrogen and oxygen atoms in total. The number of nitrogens with zero attached hydrogens (tertiary/aromatic N) is 2. The van der Waals surface area contributed by atoms with Crippen molar-refractivity contribution in [2.24, 2.45) is 5.92 Å². The Bertz CT molecular complexity index is 853. The van der Waals surface area contributed by atoms with Crippen LogP contribution in [0.4, 0.5) is 5.69 Å². The Balaban J connectivity index is 1.59. The highest BCUT2D eigenvalue weighted by atomic mass is 16.5. The van der Waals surface area contributed by atoms with Gasteiger partial charge in [0, 0.05) is 37.7 Å². The third-order valence-corrected chi connectivity index (χ3v) is 5.92. The fourth-order valence-corrected chi connectivity index (χ4v) is 4.33. The molecule has 27 heavy (non-hydrogen) atoms. The lowest BCUT2D eigenvalue weighted by molar-refractivity contribution is 0.0936. The van der Waals surface area contributed by atoms with Gasteiger partial charge in [-0.05, 0) is 50.1 Å². The molecule has 2 aromatic rings. The minimum absolute atomic E-state index is 0.0363. The van der Waals surface area contributed by atoms with E-state index in [9.17, 15) is 4.79 Å². The number of carbonyl (C=O) groups excluding carboxylic acids is 1. The summed E-state index contributed by atoms with van der Waals surface area (Å²) in [7, 11) is 3.86. The second-order valence-electron chi connectivity index (χ2n) is 7.93. The molecule has 0 radical (unpaired) electrons. The van der Waals surface area contributed by atoms with Gasteiger partial charge in [-0.2, -0.15) is 0 Å². The summed E-state index contributed by atoms with van der Waals surface area (Å²) in [5.74, 6) is 1.12. The smallest absolute Gasteiger partial charge is 0.167 e. The Morgan fingerprint density at radius 2 is 1.89 bits per heavy atom. The van der Waals surface area contributed by atoms with Gasteiger partial charge < -0.3 is 14.5 Å². The highest BCUT2D eigenvalue weighted by Gasteiger charge is 2.32. The first-order valence-corrected chi connectivity index (χ1v) is 9.79. The number of piperazine rings is 1. The molecule has 0 N–H and O–H groups in total. The Labute approximate surface area is 161 Å². The van der Waals surface area contributed by atoms with Crippen LogP contribution in [0.25, 0.3) is 0 Å². The SMILES string of the molecule is COc1cc2c(cc1N1CCN(C)CC1)CC(Cc1cccc(C)c1)C2=O. The highest BCUT2D eigenvalue weighted by Crippen LogP contribution is 2.38. The van der Waals surface area contributed by atoms with Crippen LogP contribution >= 0.6 is 0 Å². The Kier molecular flexibility index (Phi) is 4.92. The third-order valence-electron chi connectivity index (χ3n) is 5.92. The maximum atomic E-state index is 13.0. The average Bonchev–Trinajstić information content (AvgIpc) is 2.96. The Morgan fingerprint density at radius 3 is 2.59 bits per heavy atom. The zero-order valence-electron chi connectivity index (χ0n) is 16.5. The maximum Gasteiger partial charge on any atom is 0.167 e. The van der Waals surface area contributed by atoms with Gasteiger partial charge >= 0.3 is 0 Å². The van der Waals surface area contributed by atoms with Crippen LogP contribution in [0.15, 0.2) is 36.4 Å². The van der Waals surface area contributed by atoms with Gasteiger partial charge in [-0.25, -0.2) is 0 Å². The van der Waals surface area contributed by atoms with Crippen LogP contribution in [0.5, 0.6) is 5.75 Å². The van der Waals surface area contributed by atoms with Gasteiger partial charge in [0.15, 0.2) is 5.78 Å². The second kappa shape index (κ2) is 7.35. The molecule has 2 aliphatic rings. The van der Waals surface area contributed by atoms with Crippen molar-refractivity contribution in [2.45, 2.75) is 19.8 Å². The summed E-state index contributed by atoms with van der Waals surface area (Å²) in [6.45, 7) is 6.19. The number of benzene rings is 2. The lowest BCUT2D eigenvalue weighted by Gasteiger charge is -2.35. The average molecular weight is 364 g/mol. The van der Waals surface area contributed by atoms with Crippen molar-refractivity contribution in [3.8, 4) is 5.75 Å². The molecule has 4 rings (SSSR count). The molecule has 1 aliphatic heterocycles. The van der Waals surface area contributed by atoms with E-state index in [0.29, 0.717) is 0 Å². The van der Waals surface area contributed by atoms with E-state index >= 15 is 0 Å². The van der Waals surface area contributed by atoms with Crippen molar-refractivity contribution in [2.75, 3.05) is 45.2 Å². The first-order valence-electron chi connectivity index (χ1n) is 9.79. The van der Waals surface area contributed by atoms with E-state index in [1.165, 1.54) is 16.7 Å². The normalized spacial score (nSPS) is 20.0. The van der Waals surface area contributed by atoms with Crippen molar-refractivity contribution in [1.82, 2.24) is 4.90 Å². The molecule has 1 fully saturated rings. The first-order chi connectivity index (χ1) is 13.0. The summed E-state index contributed by atoms with van der Waals surface area (Å²) >= 11 is 0. The zero-order chi connectivity index (χ0) is 19.0. The number of ketones is 1. The number of ether oxygens (including phenoxy) is 1. The number of anilines is 1. The van der Waals surface area contributed by atoms with Crippen LogP contribution in [-0.4, -0.2) is 51.0 Å². The van der Waals surface area contributed by atoms with Gasteiger partial charge in [0.1, 0.15) is 5.75 Å². The Morgan fingerprint density at radius 1 is 1.11 bits per heavy atom. The zero-order valence-corrected chi connectivity index (χ0v) is 16.5. The van der Waals surface area contributed by atoms with Crippen molar-refractivity contribution in [3.63, 3.8) is 0 Å². The maximum absolute atomic E-state index is 13.0. The summed E-state index contributed by atoms with van der Waals surface area (Å²) in [5, 5.41) is 0. The largest absolute Gasteiger partial charge is 0.495 e. The van der Waals surface area contributed by atoms with Crippen LogP contribution in [0, 0.1) is 12.8 Å². The minimum atomic E-state index is 0.0363. The van der Waals surface area contributed by atoms with Gasteiger partial charge in [-0.15, -0.1) is 0 Å². The standard InChI is InChI=1S/C23H28N2O2/c1-16-5-4-6-17(11-16)12-19-13-18-14-21(25-9-7-24(2)8-10-25)22(27-3)15-20(18)23(19)26/h4-6,11,14-15,19H,7-10,12-13H2,1-3H3. The second-order valence-corrected chi connectivity index (χ2v) is 7.93. The van der Waals surface area contributed by atoms with Crippen LogP contribution < -0.4 is 9.64 Å². The molecule has 0 bridgehead atoms. The molecule has 1 saturated heterocycles. The Hall–Kier alpha value is -2.33. The van der Waals surface area contributed by atoms with E-state index in [0.717, 1.165) is 56.0 Å².